The second kappa shape index (κ2) is 6.10. The van der Waals surface area contributed by atoms with Crippen LogP contribution in [0.3, 0.4) is 0 Å². The van der Waals surface area contributed by atoms with Crippen molar-refractivity contribution in [1.82, 2.24) is 10.2 Å². The molecular weight excluding hydrogens is 374 g/mol. The Morgan fingerprint density at radius 1 is 1.28 bits per heavy atom. The molecule has 0 radical (unpaired) electrons. The summed E-state index contributed by atoms with van der Waals surface area (Å²) >= 11 is 0. The molecule has 8 nitrogen and oxygen atoms in total. The predicted octanol–water partition coefficient (Wildman–Crippen LogP) is 1.85. The van der Waals surface area contributed by atoms with E-state index in [0.717, 1.165) is 5.56 Å². The molecule has 0 bridgehead atoms. The maximum absolute atomic E-state index is 12.8. The molecule has 29 heavy (non-hydrogen) atoms. The lowest BCUT2D eigenvalue weighted by Gasteiger charge is -2.40. The van der Waals surface area contributed by atoms with E-state index in [0.29, 0.717) is 49.5 Å². The van der Waals surface area contributed by atoms with Crippen LogP contribution in [0.5, 0.6) is 11.5 Å². The molecule has 4 aliphatic rings. The van der Waals surface area contributed by atoms with E-state index in [-0.39, 0.29) is 36.1 Å². The zero-order valence-electron chi connectivity index (χ0n) is 16.5. The van der Waals surface area contributed by atoms with E-state index in [4.69, 9.17) is 14.2 Å². The molecule has 152 valence electrons. The van der Waals surface area contributed by atoms with E-state index in [1.165, 1.54) is 4.90 Å². The zero-order valence-corrected chi connectivity index (χ0v) is 16.5. The van der Waals surface area contributed by atoms with Crippen molar-refractivity contribution >= 4 is 11.9 Å². The van der Waals surface area contributed by atoms with Gasteiger partial charge in [0.05, 0.1) is 18.8 Å². The van der Waals surface area contributed by atoms with Gasteiger partial charge < -0.3 is 19.5 Å². The maximum atomic E-state index is 12.8. The van der Waals surface area contributed by atoms with E-state index in [1.807, 2.05) is 6.07 Å². The van der Waals surface area contributed by atoms with Crippen LogP contribution in [0.2, 0.25) is 0 Å². The van der Waals surface area contributed by atoms with Gasteiger partial charge in [0, 0.05) is 42.9 Å². The Balaban J connectivity index is 1.30. The molecule has 8 heteroatoms. The number of nitrogens with one attached hydrogen (secondary N) is 1. The summed E-state index contributed by atoms with van der Waals surface area (Å²) in [6.45, 7) is 5.35. The maximum Gasteiger partial charge on any atom is 0.325 e. The van der Waals surface area contributed by atoms with Crippen molar-refractivity contribution in [2.24, 2.45) is 0 Å². The lowest BCUT2D eigenvalue weighted by molar-refractivity contribution is -0.135. The Kier molecular flexibility index (Phi) is 3.84. The van der Waals surface area contributed by atoms with Crippen LogP contribution in [0.15, 0.2) is 12.1 Å². The van der Waals surface area contributed by atoms with Crippen LogP contribution in [0, 0.1) is 11.3 Å². The lowest BCUT2D eigenvalue weighted by Crippen LogP contribution is -2.53. The van der Waals surface area contributed by atoms with Gasteiger partial charge in [0.15, 0.2) is 0 Å². The van der Waals surface area contributed by atoms with Crippen molar-refractivity contribution in [2.45, 2.75) is 56.2 Å². The number of fused-ring (bicyclic) bond motifs is 1. The Bertz CT molecular complexity index is 938. The number of nitrogens with zero attached hydrogens (tertiary/aromatic N) is 2. The summed E-state index contributed by atoms with van der Waals surface area (Å²) in [5.74, 6) is 1.13. The minimum absolute atomic E-state index is 0.0922. The first-order valence-electron chi connectivity index (χ1n) is 9.95. The van der Waals surface area contributed by atoms with Crippen LogP contribution >= 0.6 is 0 Å². The molecule has 0 aromatic heterocycles. The second-order valence-corrected chi connectivity index (χ2v) is 8.95. The van der Waals surface area contributed by atoms with Crippen LogP contribution in [0.1, 0.15) is 44.2 Å². The normalized spacial score (nSPS) is 31.8. The average Bonchev–Trinajstić information content (AvgIpc) is 3.31. The first-order chi connectivity index (χ1) is 13.8. The highest BCUT2D eigenvalue weighted by molar-refractivity contribution is 6.07. The van der Waals surface area contributed by atoms with E-state index >= 15 is 0 Å². The van der Waals surface area contributed by atoms with Crippen molar-refractivity contribution < 1.29 is 23.8 Å². The summed E-state index contributed by atoms with van der Waals surface area (Å²) < 4.78 is 17.3. The highest BCUT2D eigenvalue weighted by Gasteiger charge is 2.57. The first kappa shape index (κ1) is 18.3. The third-order valence-electron chi connectivity index (χ3n) is 6.44. The molecule has 3 amide bonds. The topological polar surface area (TPSA) is 101 Å². The molecule has 1 aromatic carbocycles. The molecule has 5 rings (SSSR count). The van der Waals surface area contributed by atoms with Crippen molar-refractivity contribution in [1.29, 1.82) is 5.26 Å². The molecule has 1 atom stereocenters. The number of carbonyl (C=O) groups is 2. The number of urea groups is 1. The second-order valence-electron chi connectivity index (χ2n) is 8.95. The van der Waals surface area contributed by atoms with Gasteiger partial charge in [0.1, 0.15) is 29.2 Å². The van der Waals surface area contributed by atoms with Crippen LogP contribution < -0.4 is 14.8 Å². The molecule has 0 unspecified atom stereocenters. The van der Waals surface area contributed by atoms with E-state index in [1.54, 1.807) is 6.07 Å². The fourth-order valence-corrected chi connectivity index (χ4v) is 4.70. The van der Waals surface area contributed by atoms with Crippen LogP contribution in [-0.4, -0.2) is 54.3 Å². The van der Waals surface area contributed by atoms with Gasteiger partial charge in [-0.15, -0.1) is 0 Å². The summed E-state index contributed by atoms with van der Waals surface area (Å²) in [5.41, 5.74) is 0.295. The monoisotopic (exact) mass is 397 g/mol. The summed E-state index contributed by atoms with van der Waals surface area (Å²) in [6, 6.07) is 5.21. The average molecular weight is 397 g/mol. The van der Waals surface area contributed by atoms with Crippen LogP contribution in [0.4, 0.5) is 4.79 Å². The van der Waals surface area contributed by atoms with Crippen LogP contribution in [-0.2, 0) is 14.9 Å². The van der Waals surface area contributed by atoms with E-state index in [9.17, 15) is 14.9 Å². The third-order valence-corrected chi connectivity index (χ3v) is 6.44. The third kappa shape index (κ3) is 2.60. The summed E-state index contributed by atoms with van der Waals surface area (Å²) in [7, 11) is 0. The smallest absolute Gasteiger partial charge is 0.325 e. The Morgan fingerprint density at radius 2 is 2.07 bits per heavy atom. The summed E-state index contributed by atoms with van der Waals surface area (Å²) in [5, 5.41) is 12.2. The minimum Gasteiger partial charge on any atom is -0.491 e. The lowest BCUT2D eigenvalue weighted by atomic mass is 9.84. The Hall–Kier alpha value is -2.79. The molecule has 3 fully saturated rings. The molecule has 1 aromatic rings. The van der Waals surface area contributed by atoms with Crippen molar-refractivity contribution in [3.05, 3.63) is 23.3 Å². The molecule has 2 saturated heterocycles. The molecule has 3 aliphatic heterocycles. The van der Waals surface area contributed by atoms with Gasteiger partial charge in [-0.25, -0.2) is 4.79 Å². The number of amides is 3. The highest BCUT2D eigenvalue weighted by atomic mass is 16.5. The van der Waals surface area contributed by atoms with Gasteiger partial charge in [-0.2, -0.15) is 5.26 Å². The largest absolute Gasteiger partial charge is 0.491 e. The number of benzene rings is 1. The zero-order chi connectivity index (χ0) is 20.4. The van der Waals surface area contributed by atoms with Crippen LogP contribution in [0.25, 0.3) is 0 Å². The minimum atomic E-state index is -0.877. The van der Waals surface area contributed by atoms with Gasteiger partial charge in [-0.05, 0) is 12.1 Å². The van der Waals surface area contributed by atoms with Gasteiger partial charge >= 0.3 is 6.03 Å². The summed E-state index contributed by atoms with van der Waals surface area (Å²) in [6.07, 6.45) is 1.61. The van der Waals surface area contributed by atoms with Gasteiger partial charge in [0.2, 0.25) is 0 Å². The number of hydrogen-bond acceptors (Lipinski definition) is 6. The fraction of sp³-hybridized carbons (Fsp3) is 0.571. The van der Waals surface area contributed by atoms with Crippen molar-refractivity contribution in [2.75, 3.05) is 19.8 Å². The van der Waals surface area contributed by atoms with Crippen molar-refractivity contribution in [3.8, 4) is 17.6 Å². The van der Waals surface area contributed by atoms with Gasteiger partial charge in [-0.3, -0.25) is 9.69 Å². The number of carbonyl (C=O) groups excluding carboxylic acids is 2. The number of imide groups is 1. The van der Waals surface area contributed by atoms with Crippen molar-refractivity contribution in [3.63, 3.8) is 0 Å². The molecule has 1 N–H and O–H groups in total. The molecule has 1 saturated carbocycles. The first-order valence-corrected chi connectivity index (χ1v) is 9.95. The SMILES string of the molecule is CC1(C)COc2c(C#N)ccc(OC3CC(N4C(=O)N[C@]5(CCOC5)C4=O)C3)c21. The molecule has 3 heterocycles. The number of nitriles is 1. The fourth-order valence-electron chi connectivity index (χ4n) is 4.70. The quantitative estimate of drug-likeness (QED) is 0.781. The molecular formula is C21H23N3O5. The van der Waals surface area contributed by atoms with Gasteiger partial charge in [-0.1, -0.05) is 13.8 Å². The predicted molar refractivity (Wildman–Crippen MR) is 101 cm³/mol. The number of hydrogen-bond donors (Lipinski definition) is 1. The number of rotatable bonds is 3. The molecule has 1 aliphatic carbocycles. The standard InChI is InChI=1S/C21H23N3O5/c1-20(2)10-28-17-12(9-22)3-4-15(16(17)20)29-14-7-13(8-14)24-18(25)21(23-19(24)26)5-6-27-11-21/h3-4,13-14H,5-8,10-11H2,1-2H3,(H,23,26)/t13?,14?,21-/m0/s1. The highest BCUT2D eigenvalue weighted by Crippen LogP contribution is 2.47. The Morgan fingerprint density at radius 3 is 2.76 bits per heavy atom. The van der Waals surface area contributed by atoms with E-state index in [2.05, 4.69) is 25.2 Å². The summed E-state index contributed by atoms with van der Waals surface area (Å²) in [4.78, 5) is 26.6. The Labute approximate surface area is 168 Å². The molecule has 1 spiro atoms. The van der Waals surface area contributed by atoms with Gasteiger partial charge in [0.25, 0.3) is 5.91 Å². The van der Waals surface area contributed by atoms with E-state index < -0.39 is 5.54 Å². The number of ether oxygens (including phenoxy) is 3.